The van der Waals surface area contributed by atoms with Crippen LogP contribution in [0, 0.1) is 12.7 Å². The fraction of sp³-hybridized carbons (Fsp3) is 0.294. The zero-order valence-electron chi connectivity index (χ0n) is 13.1. The van der Waals surface area contributed by atoms with Crippen molar-refractivity contribution in [1.82, 2.24) is 9.88 Å². The lowest BCUT2D eigenvalue weighted by molar-refractivity contribution is -0.120. The quantitative estimate of drug-likeness (QED) is 0.859. The zero-order chi connectivity index (χ0) is 17.0. The Morgan fingerprint density at radius 1 is 1.30 bits per heavy atom. The van der Waals surface area contributed by atoms with E-state index in [1.54, 1.807) is 35.9 Å². The number of carboxylic acid groups (broad SMARTS) is 1. The Morgan fingerprint density at radius 3 is 2.61 bits per heavy atom. The molecule has 23 heavy (non-hydrogen) atoms. The molecular weight excluding hydrogens is 299 g/mol. The van der Waals surface area contributed by atoms with Crippen LogP contribution in [0.25, 0.3) is 0 Å². The number of rotatable bonds is 6. The number of amides is 1. The number of hydrogen-bond donors (Lipinski definition) is 2. The average molecular weight is 318 g/mol. The predicted molar refractivity (Wildman–Crippen MR) is 83.8 cm³/mol. The number of aryl methyl sites for hydroxylation is 2. The molecule has 0 fully saturated rings. The Labute approximate surface area is 133 Å². The van der Waals surface area contributed by atoms with E-state index in [1.807, 2.05) is 6.92 Å². The number of carboxylic acids is 1. The molecule has 2 rings (SSSR count). The summed E-state index contributed by atoms with van der Waals surface area (Å²) in [5, 5.41) is 11.9. The summed E-state index contributed by atoms with van der Waals surface area (Å²) in [4.78, 5) is 23.5. The lowest BCUT2D eigenvalue weighted by Gasteiger charge is -2.09. The minimum absolute atomic E-state index is 0.0578. The van der Waals surface area contributed by atoms with Crippen LogP contribution in [-0.2, 0) is 24.3 Å². The molecule has 6 heteroatoms. The number of carbonyl (C=O) groups excluding carboxylic acids is 1. The fourth-order valence-electron chi connectivity index (χ4n) is 2.56. The third kappa shape index (κ3) is 3.77. The van der Waals surface area contributed by atoms with Crippen molar-refractivity contribution < 1.29 is 19.1 Å². The van der Waals surface area contributed by atoms with Gasteiger partial charge in [-0.05, 0) is 25.5 Å². The average Bonchev–Trinajstić information content (AvgIpc) is 2.82. The summed E-state index contributed by atoms with van der Waals surface area (Å²) in [6.45, 7) is 4.23. The van der Waals surface area contributed by atoms with Gasteiger partial charge >= 0.3 is 5.97 Å². The second kappa shape index (κ2) is 7.09. The van der Waals surface area contributed by atoms with Gasteiger partial charge in [-0.25, -0.2) is 9.18 Å². The maximum atomic E-state index is 13.5. The van der Waals surface area contributed by atoms with E-state index in [4.69, 9.17) is 0 Å². The Hall–Kier alpha value is -2.63. The van der Waals surface area contributed by atoms with Gasteiger partial charge < -0.3 is 15.0 Å². The standard InChI is InChI=1S/C17H19FN2O3/c1-3-20-10-11(2)16(17(22)23)14(20)8-15(21)19-9-12-6-4-5-7-13(12)18/h4-7,10H,3,8-9H2,1-2H3,(H,19,21)(H,22,23). The van der Waals surface area contributed by atoms with Gasteiger partial charge in [-0.2, -0.15) is 0 Å². The molecule has 0 saturated carbocycles. The molecule has 0 aliphatic heterocycles. The number of aromatic nitrogens is 1. The Kier molecular flexibility index (Phi) is 5.16. The summed E-state index contributed by atoms with van der Waals surface area (Å²) < 4.78 is 15.3. The van der Waals surface area contributed by atoms with E-state index < -0.39 is 5.97 Å². The molecule has 2 aromatic rings. The van der Waals surface area contributed by atoms with E-state index in [9.17, 15) is 19.1 Å². The van der Waals surface area contributed by atoms with Gasteiger partial charge in [0.25, 0.3) is 0 Å². The van der Waals surface area contributed by atoms with Gasteiger partial charge in [0.1, 0.15) is 5.82 Å². The van der Waals surface area contributed by atoms with Crippen LogP contribution >= 0.6 is 0 Å². The van der Waals surface area contributed by atoms with Crippen LogP contribution < -0.4 is 5.32 Å². The lowest BCUT2D eigenvalue weighted by Crippen LogP contribution is -2.26. The predicted octanol–water partition coefficient (Wildman–Crippen LogP) is 2.51. The highest BCUT2D eigenvalue weighted by Gasteiger charge is 2.20. The second-order valence-corrected chi connectivity index (χ2v) is 5.27. The molecule has 0 spiro atoms. The third-order valence-corrected chi connectivity index (χ3v) is 3.70. The van der Waals surface area contributed by atoms with Crippen LogP contribution in [0.5, 0.6) is 0 Å². The summed E-state index contributed by atoms with van der Waals surface area (Å²) in [7, 11) is 0. The van der Waals surface area contributed by atoms with Gasteiger partial charge in [-0.3, -0.25) is 4.79 Å². The first-order valence-electron chi connectivity index (χ1n) is 7.36. The maximum Gasteiger partial charge on any atom is 0.337 e. The molecular formula is C17H19FN2O3. The first-order valence-corrected chi connectivity index (χ1v) is 7.36. The number of carbonyl (C=O) groups is 2. The lowest BCUT2D eigenvalue weighted by atomic mass is 10.1. The van der Waals surface area contributed by atoms with Crippen LogP contribution in [0.2, 0.25) is 0 Å². The van der Waals surface area contributed by atoms with Crippen LogP contribution in [0.1, 0.15) is 34.1 Å². The Morgan fingerprint density at radius 2 is 2.00 bits per heavy atom. The number of benzene rings is 1. The van der Waals surface area contributed by atoms with Gasteiger partial charge in [0.05, 0.1) is 12.0 Å². The topological polar surface area (TPSA) is 71.3 Å². The van der Waals surface area contributed by atoms with Crippen molar-refractivity contribution in [3.05, 3.63) is 58.7 Å². The minimum atomic E-state index is -1.05. The summed E-state index contributed by atoms with van der Waals surface area (Å²) in [5.41, 5.74) is 1.63. The van der Waals surface area contributed by atoms with E-state index in [-0.39, 0.29) is 30.3 Å². The monoisotopic (exact) mass is 318 g/mol. The summed E-state index contributed by atoms with van der Waals surface area (Å²) in [5.74, 6) is -1.78. The van der Waals surface area contributed by atoms with Crippen molar-refractivity contribution in [3.63, 3.8) is 0 Å². The van der Waals surface area contributed by atoms with Crippen molar-refractivity contribution in [3.8, 4) is 0 Å². The molecule has 0 aliphatic carbocycles. The number of hydrogen-bond acceptors (Lipinski definition) is 2. The van der Waals surface area contributed by atoms with Crippen LogP contribution in [0.4, 0.5) is 4.39 Å². The largest absolute Gasteiger partial charge is 0.478 e. The number of halogens is 1. The first-order chi connectivity index (χ1) is 10.9. The smallest absolute Gasteiger partial charge is 0.337 e. The molecule has 1 aromatic heterocycles. The minimum Gasteiger partial charge on any atom is -0.478 e. The van der Waals surface area contributed by atoms with Crippen molar-refractivity contribution in [2.24, 2.45) is 0 Å². The van der Waals surface area contributed by atoms with Gasteiger partial charge in [-0.15, -0.1) is 0 Å². The fourth-order valence-corrected chi connectivity index (χ4v) is 2.56. The summed E-state index contributed by atoms with van der Waals surface area (Å²) in [6.07, 6.45) is 1.67. The summed E-state index contributed by atoms with van der Waals surface area (Å²) >= 11 is 0. The van der Waals surface area contributed by atoms with Crippen LogP contribution in [0.3, 0.4) is 0 Å². The molecule has 0 aliphatic rings. The normalized spacial score (nSPS) is 10.6. The zero-order valence-corrected chi connectivity index (χ0v) is 13.1. The van der Waals surface area contributed by atoms with Crippen molar-refractivity contribution >= 4 is 11.9 Å². The van der Waals surface area contributed by atoms with Gasteiger partial charge in [0.2, 0.25) is 5.91 Å². The summed E-state index contributed by atoms with van der Waals surface area (Å²) in [6, 6.07) is 6.20. The number of nitrogens with zero attached hydrogens (tertiary/aromatic N) is 1. The van der Waals surface area contributed by atoms with E-state index in [2.05, 4.69) is 5.32 Å². The molecule has 2 N–H and O–H groups in total. The molecule has 0 radical (unpaired) electrons. The third-order valence-electron chi connectivity index (χ3n) is 3.70. The van der Waals surface area contributed by atoms with E-state index >= 15 is 0 Å². The van der Waals surface area contributed by atoms with Gasteiger partial charge in [0, 0.05) is 30.5 Å². The molecule has 5 nitrogen and oxygen atoms in total. The molecule has 1 amide bonds. The van der Waals surface area contributed by atoms with E-state index in [0.717, 1.165) is 0 Å². The first kappa shape index (κ1) is 16.7. The Bertz CT molecular complexity index is 737. The molecule has 1 aromatic carbocycles. The van der Waals surface area contributed by atoms with Gasteiger partial charge in [0.15, 0.2) is 0 Å². The highest BCUT2D eigenvalue weighted by Crippen LogP contribution is 2.18. The van der Waals surface area contributed by atoms with Crippen LogP contribution in [-0.4, -0.2) is 21.6 Å². The van der Waals surface area contributed by atoms with Crippen molar-refractivity contribution in [2.75, 3.05) is 0 Å². The molecule has 0 bridgehead atoms. The highest BCUT2D eigenvalue weighted by molar-refractivity contribution is 5.93. The Balaban J connectivity index is 2.11. The highest BCUT2D eigenvalue weighted by atomic mass is 19.1. The molecule has 0 atom stereocenters. The number of aromatic carboxylic acids is 1. The van der Waals surface area contributed by atoms with E-state index in [0.29, 0.717) is 23.4 Å². The molecule has 0 unspecified atom stereocenters. The molecule has 1 heterocycles. The second-order valence-electron chi connectivity index (χ2n) is 5.27. The van der Waals surface area contributed by atoms with Gasteiger partial charge in [-0.1, -0.05) is 18.2 Å². The molecule has 122 valence electrons. The van der Waals surface area contributed by atoms with E-state index in [1.165, 1.54) is 6.07 Å². The van der Waals surface area contributed by atoms with Crippen molar-refractivity contribution in [1.29, 1.82) is 0 Å². The molecule has 0 saturated heterocycles. The SMILES string of the molecule is CCn1cc(C)c(C(=O)O)c1CC(=O)NCc1ccccc1F. The van der Waals surface area contributed by atoms with Crippen molar-refractivity contribution in [2.45, 2.75) is 33.4 Å². The number of nitrogens with one attached hydrogen (secondary N) is 1. The maximum absolute atomic E-state index is 13.5. The van der Waals surface area contributed by atoms with Crippen LogP contribution in [0.15, 0.2) is 30.5 Å².